The third-order valence-corrected chi connectivity index (χ3v) is 5.98. The van der Waals surface area contributed by atoms with Crippen molar-refractivity contribution < 1.29 is 0 Å². The summed E-state index contributed by atoms with van der Waals surface area (Å²) in [7, 11) is 4.02. The normalized spacial score (nSPS) is 15.6. The highest BCUT2D eigenvalue weighted by molar-refractivity contribution is 5.75. The predicted molar refractivity (Wildman–Crippen MR) is 125 cm³/mol. The number of likely N-dealkylation sites (N-methyl/N-ethyl adjacent to an activating group) is 2. The maximum absolute atomic E-state index is 4.44. The fourth-order valence-electron chi connectivity index (χ4n) is 3.86. The van der Waals surface area contributed by atoms with Crippen molar-refractivity contribution in [3.05, 3.63) is 67.4 Å². The molecule has 0 aromatic heterocycles. The fraction of sp³-hybridized carbons (Fsp3) is 0.440. The Bertz CT molecular complexity index is 711. The molecule has 0 aliphatic carbocycles. The van der Waals surface area contributed by atoms with Gasteiger partial charge in [-0.3, -0.25) is 0 Å². The van der Waals surface area contributed by atoms with E-state index in [1.54, 1.807) is 0 Å². The van der Waals surface area contributed by atoms with Gasteiger partial charge in [-0.25, -0.2) is 0 Å². The second kappa shape index (κ2) is 10.2. The zero-order valence-corrected chi connectivity index (χ0v) is 18.0. The van der Waals surface area contributed by atoms with Gasteiger partial charge in [-0.2, -0.15) is 0 Å². The predicted octanol–water partition coefficient (Wildman–Crippen LogP) is 5.54. The summed E-state index contributed by atoms with van der Waals surface area (Å²) >= 11 is 0. The lowest BCUT2D eigenvalue weighted by Gasteiger charge is -2.35. The van der Waals surface area contributed by atoms with Crippen LogP contribution in [0.25, 0.3) is 11.8 Å². The van der Waals surface area contributed by atoms with E-state index in [1.165, 1.54) is 18.5 Å². The van der Waals surface area contributed by atoms with Gasteiger partial charge in [0.15, 0.2) is 0 Å². The summed E-state index contributed by atoms with van der Waals surface area (Å²) in [6, 6.07) is 6.82. The Morgan fingerprint density at radius 1 is 1.29 bits per heavy atom. The van der Waals surface area contributed by atoms with Gasteiger partial charge in [0.1, 0.15) is 0 Å². The Labute approximate surface area is 172 Å². The Hall–Kier alpha value is -2.42. The molecular formula is C25H37N3. The van der Waals surface area contributed by atoms with Crippen LogP contribution in [0.5, 0.6) is 0 Å². The highest BCUT2D eigenvalue weighted by Crippen LogP contribution is 2.31. The quantitative estimate of drug-likeness (QED) is 0.539. The lowest BCUT2D eigenvalue weighted by atomic mass is 9.97. The van der Waals surface area contributed by atoms with Gasteiger partial charge >= 0.3 is 0 Å². The Morgan fingerprint density at radius 2 is 1.96 bits per heavy atom. The minimum absolute atomic E-state index is 0.160. The van der Waals surface area contributed by atoms with E-state index in [2.05, 4.69) is 73.6 Å². The number of piperidine rings is 1. The molecule has 1 aliphatic rings. The number of hydrogen-bond donors (Lipinski definition) is 1. The Morgan fingerprint density at radius 3 is 2.54 bits per heavy atom. The van der Waals surface area contributed by atoms with Gasteiger partial charge in [-0.1, -0.05) is 44.9 Å². The van der Waals surface area contributed by atoms with Crippen molar-refractivity contribution in [3.8, 4) is 0 Å². The second-order valence-electron chi connectivity index (χ2n) is 7.86. The van der Waals surface area contributed by atoms with E-state index in [-0.39, 0.29) is 6.04 Å². The van der Waals surface area contributed by atoms with Crippen molar-refractivity contribution >= 4 is 17.5 Å². The molecule has 1 N–H and O–H groups in total. The zero-order valence-electron chi connectivity index (χ0n) is 18.0. The number of allylic oxidation sites excluding steroid dienone is 1. The molecule has 0 saturated carbocycles. The first-order valence-corrected chi connectivity index (χ1v) is 10.3. The van der Waals surface area contributed by atoms with Crippen LogP contribution in [0.2, 0.25) is 0 Å². The van der Waals surface area contributed by atoms with Gasteiger partial charge in [0.25, 0.3) is 0 Å². The third kappa shape index (κ3) is 5.09. The maximum atomic E-state index is 4.44. The summed E-state index contributed by atoms with van der Waals surface area (Å²) in [4.78, 5) is 4.72. The molecular weight excluding hydrogens is 342 g/mol. The largest absolute Gasteiger partial charge is 0.390 e. The smallest absolute Gasteiger partial charge is 0.0681 e. The molecule has 152 valence electrons. The molecule has 2 rings (SSSR count). The number of hydrogen-bond acceptors (Lipinski definition) is 3. The molecule has 28 heavy (non-hydrogen) atoms. The van der Waals surface area contributed by atoms with Crippen molar-refractivity contribution in [3.63, 3.8) is 0 Å². The number of nitrogens with one attached hydrogen (secondary N) is 1. The molecule has 3 heteroatoms. The SMILES string of the molecule is C=CCCC(C(=C)NC)N(C)C(=C)c1cc(N2CCC(C)CC2)ccc1C=C. The van der Waals surface area contributed by atoms with Crippen LogP contribution in [0.4, 0.5) is 5.69 Å². The molecule has 1 saturated heterocycles. The third-order valence-electron chi connectivity index (χ3n) is 5.98. The van der Waals surface area contributed by atoms with Crippen LogP contribution in [0.15, 0.2) is 56.3 Å². The van der Waals surface area contributed by atoms with E-state index in [0.717, 1.165) is 54.4 Å². The number of benzene rings is 1. The lowest BCUT2D eigenvalue weighted by molar-refractivity contribution is 0.361. The number of nitrogens with zero attached hydrogens (tertiary/aromatic N) is 2. The van der Waals surface area contributed by atoms with Crippen LogP contribution in [-0.2, 0) is 0 Å². The van der Waals surface area contributed by atoms with Crippen molar-refractivity contribution in [2.75, 3.05) is 32.1 Å². The van der Waals surface area contributed by atoms with E-state index in [9.17, 15) is 0 Å². The zero-order chi connectivity index (χ0) is 20.7. The first kappa shape index (κ1) is 21.9. The first-order valence-electron chi connectivity index (χ1n) is 10.3. The summed E-state index contributed by atoms with van der Waals surface area (Å²) in [5.74, 6) is 0.822. The lowest BCUT2D eigenvalue weighted by Crippen LogP contribution is -2.36. The molecule has 1 aromatic carbocycles. The van der Waals surface area contributed by atoms with Crippen LogP contribution < -0.4 is 10.2 Å². The van der Waals surface area contributed by atoms with Crippen LogP contribution in [-0.4, -0.2) is 38.1 Å². The highest BCUT2D eigenvalue weighted by atomic mass is 15.2. The highest BCUT2D eigenvalue weighted by Gasteiger charge is 2.22. The van der Waals surface area contributed by atoms with Crippen molar-refractivity contribution in [2.45, 2.75) is 38.6 Å². The molecule has 1 fully saturated rings. The molecule has 0 spiro atoms. The Balaban J connectivity index is 2.30. The molecule has 1 atom stereocenters. The maximum Gasteiger partial charge on any atom is 0.0681 e. The van der Waals surface area contributed by atoms with Crippen molar-refractivity contribution in [1.29, 1.82) is 0 Å². The number of anilines is 1. The summed E-state index contributed by atoms with van der Waals surface area (Å²) in [6.45, 7) is 21.1. The van der Waals surface area contributed by atoms with Crippen LogP contribution in [0.1, 0.15) is 43.7 Å². The van der Waals surface area contributed by atoms with Gasteiger partial charge in [-0.05, 0) is 49.3 Å². The van der Waals surface area contributed by atoms with Crippen molar-refractivity contribution in [2.24, 2.45) is 5.92 Å². The van der Waals surface area contributed by atoms with E-state index in [0.29, 0.717) is 0 Å². The summed E-state index contributed by atoms with van der Waals surface area (Å²) in [5.41, 5.74) is 5.51. The molecule has 1 heterocycles. The Kier molecular flexibility index (Phi) is 7.98. The fourth-order valence-corrected chi connectivity index (χ4v) is 3.86. The van der Waals surface area contributed by atoms with Gasteiger partial charge < -0.3 is 15.1 Å². The minimum atomic E-state index is 0.160. The van der Waals surface area contributed by atoms with Gasteiger partial charge in [-0.15, -0.1) is 6.58 Å². The average Bonchev–Trinajstić information content (AvgIpc) is 2.73. The van der Waals surface area contributed by atoms with E-state index >= 15 is 0 Å². The molecule has 0 bridgehead atoms. The monoisotopic (exact) mass is 379 g/mol. The van der Waals surface area contributed by atoms with Gasteiger partial charge in [0.2, 0.25) is 0 Å². The number of rotatable bonds is 10. The van der Waals surface area contributed by atoms with Crippen LogP contribution >= 0.6 is 0 Å². The minimum Gasteiger partial charge on any atom is -0.390 e. The van der Waals surface area contributed by atoms with Crippen LogP contribution in [0, 0.1) is 5.92 Å². The van der Waals surface area contributed by atoms with Gasteiger partial charge in [0.05, 0.1) is 6.04 Å². The molecule has 0 amide bonds. The van der Waals surface area contributed by atoms with Crippen molar-refractivity contribution in [1.82, 2.24) is 10.2 Å². The van der Waals surface area contributed by atoms with E-state index in [4.69, 9.17) is 0 Å². The average molecular weight is 380 g/mol. The molecule has 1 unspecified atom stereocenters. The van der Waals surface area contributed by atoms with Gasteiger partial charge in [0, 0.05) is 49.8 Å². The summed E-state index contributed by atoms with van der Waals surface area (Å²) < 4.78 is 0. The summed E-state index contributed by atoms with van der Waals surface area (Å²) in [6.07, 6.45) is 8.27. The van der Waals surface area contributed by atoms with E-state index < -0.39 is 0 Å². The summed E-state index contributed by atoms with van der Waals surface area (Å²) in [5, 5.41) is 3.22. The topological polar surface area (TPSA) is 18.5 Å². The van der Waals surface area contributed by atoms with E-state index in [1.807, 2.05) is 19.2 Å². The first-order chi connectivity index (χ1) is 13.4. The van der Waals surface area contributed by atoms with Crippen LogP contribution in [0.3, 0.4) is 0 Å². The molecule has 0 radical (unpaired) electrons. The second-order valence-corrected chi connectivity index (χ2v) is 7.86. The standard InChI is InChI=1S/C25H37N3/c1-8-10-11-25(20(4)26-6)27(7)21(5)24-18-23(13-12-22(24)9-2)28-16-14-19(3)15-17-28/h8-9,12-13,18-19,25-26H,1-2,4-5,10-11,14-17H2,3,6-7H3. The molecule has 1 aliphatic heterocycles. The molecule has 1 aromatic rings. The molecule has 3 nitrogen and oxygen atoms in total.